The molecule has 1 heterocycles. The van der Waals surface area contributed by atoms with Crippen LogP contribution in [0.2, 0.25) is 0 Å². The first-order chi connectivity index (χ1) is 9.88. The van der Waals surface area contributed by atoms with Crippen LogP contribution in [0.25, 0.3) is 0 Å². The number of ether oxygens (including phenoxy) is 1. The highest BCUT2D eigenvalue weighted by Crippen LogP contribution is 2.08. The molecule has 3 nitrogen and oxygen atoms in total. The van der Waals surface area contributed by atoms with Gasteiger partial charge in [-0.05, 0) is 50.0 Å². The van der Waals surface area contributed by atoms with Crippen molar-refractivity contribution in [3.8, 4) is 0 Å². The topological polar surface area (TPSA) is 24.5 Å². The smallest absolute Gasteiger partial charge is 0.0717 e. The molecule has 0 unspecified atom stereocenters. The quantitative estimate of drug-likeness (QED) is 0.702. The molecule has 20 heavy (non-hydrogen) atoms. The minimum atomic E-state index is 0.733. The van der Waals surface area contributed by atoms with E-state index in [1.54, 1.807) is 0 Å². The molecule has 0 amide bonds. The molecule has 2 rings (SSSR count). The van der Waals surface area contributed by atoms with Gasteiger partial charge in [0.05, 0.1) is 13.2 Å². The van der Waals surface area contributed by atoms with E-state index in [9.17, 15) is 0 Å². The maximum atomic E-state index is 5.76. The molecule has 3 heteroatoms. The fraction of sp³-hybridized carbons (Fsp3) is 0.647. The number of nitrogens with one attached hydrogen (secondary N) is 1. The van der Waals surface area contributed by atoms with Crippen LogP contribution in [-0.4, -0.2) is 37.7 Å². The van der Waals surface area contributed by atoms with Crippen molar-refractivity contribution in [2.45, 2.75) is 39.3 Å². The van der Waals surface area contributed by atoms with Gasteiger partial charge in [-0.3, -0.25) is 0 Å². The highest BCUT2D eigenvalue weighted by atomic mass is 16.5. The van der Waals surface area contributed by atoms with Crippen LogP contribution in [0.5, 0.6) is 0 Å². The lowest BCUT2D eigenvalue weighted by Crippen LogP contribution is -2.23. The predicted octanol–water partition coefficient (Wildman–Crippen LogP) is 2.80. The summed E-state index contributed by atoms with van der Waals surface area (Å²) in [5.74, 6) is 0. The van der Waals surface area contributed by atoms with Gasteiger partial charge in [0.2, 0.25) is 0 Å². The first-order valence-electron chi connectivity index (χ1n) is 7.97. The summed E-state index contributed by atoms with van der Waals surface area (Å²) in [6, 6.07) is 8.75. The van der Waals surface area contributed by atoms with Crippen molar-refractivity contribution in [3.63, 3.8) is 0 Å². The largest absolute Gasteiger partial charge is 0.375 e. The van der Waals surface area contributed by atoms with E-state index in [1.165, 1.54) is 43.5 Å². The summed E-state index contributed by atoms with van der Waals surface area (Å²) in [5.41, 5.74) is 2.62. The molecule has 1 N–H and O–H groups in total. The molecule has 1 aromatic rings. The van der Waals surface area contributed by atoms with Crippen molar-refractivity contribution in [1.29, 1.82) is 0 Å². The van der Waals surface area contributed by atoms with Crippen LogP contribution in [0.3, 0.4) is 0 Å². The predicted molar refractivity (Wildman–Crippen MR) is 83.8 cm³/mol. The van der Waals surface area contributed by atoms with E-state index in [-0.39, 0.29) is 0 Å². The second-order valence-corrected chi connectivity index (χ2v) is 5.59. The molecule has 0 radical (unpaired) electrons. The maximum Gasteiger partial charge on any atom is 0.0717 e. The van der Waals surface area contributed by atoms with Gasteiger partial charge in [-0.25, -0.2) is 0 Å². The highest BCUT2D eigenvalue weighted by molar-refractivity contribution is 5.21. The fourth-order valence-corrected chi connectivity index (χ4v) is 2.55. The lowest BCUT2D eigenvalue weighted by molar-refractivity contribution is 0.0992. The Kier molecular flexibility index (Phi) is 7.06. The summed E-state index contributed by atoms with van der Waals surface area (Å²) in [6.07, 6.45) is 3.89. The summed E-state index contributed by atoms with van der Waals surface area (Å²) in [4.78, 5) is 2.49. The van der Waals surface area contributed by atoms with Crippen molar-refractivity contribution in [2.75, 3.05) is 32.8 Å². The zero-order valence-electron chi connectivity index (χ0n) is 12.7. The van der Waals surface area contributed by atoms with Crippen molar-refractivity contribution in [3.05, 3.63) is 35.4 Å². The molecule has 1 aliphatic rings. The lowest BCUT2D eigenvalue weighted by atomic mass is 10.1. The summed E-state index contributed by atoms with van der Waals surface area (Å²) < 4.78 is 5.76. The Morgan fingerprint density at radius 2 is 1.80 bits per heavy atom. The molecular weight excluding hydrogens is 248 g/mol. The number of nitrogens with zero attached hydrogens (tertiary/aromatic N) is 1. The Morgan fingerprint density at radius 3 is 2.50 bits per heavy atom. The van der Waals surface area contributed by atoms with Gasteiger partial charge in [0, 0.05) is 13.1 Å². The molecule has 1 saturated heterocycles. The molecule has 1 aliphatic heterocycles. The van der Waals surface area contributed by atoms with Gasteiger partial charge >= 0.3 is 0 Å². The molecule has 0 aliphatic carbocycles. The van der Waals surface area contributed by atoms with E-state index in [0.29, 0.717) is 0 Å². The van der Waals surface area contributed by atoms with E-state index in [4.69, 9.17) is 4.74 Å². The summed E-state index contributed by atoms with van der Waals surface area (Å²) >= 11 is 0. The second-order valence-electron chi connectivity index (χ2n) is 5.59. The highest BCUT2D eigenvalue weighted by Gasteiger charge is 2.10. The van der Waals surface area contributed by atoms with Crippen molar-refractivity contribution >= 4 is 0 Å². The average molecular weight is 276 g/mol. The van der Waals surface area contributed by atoms with Crippen LogP contribution >= 0.6 is 0 Å². The molecule has 0 bridgehead atoms. The summed E-state index contributed by atoms with van der Waals surface area (Å²) in [6.45, 7) is 9.40. The van der Waals surface area contributed by atoms with Gasteiger partial charge in [0.15, 0.2) is 0 Å². The zero-order chi connectivity index (χ0) is 14.0. The van der Waals surface area contributed by atoms with E-state index in [1.807, 2.05) is 0 Å². The number of benzene rings is 1. The van der Waals surface area contributed by atoms with Crippen LogP contribution in [0.1, 0.15) is 37.3 Å². The van der Waals surface area contributed by atoms with Gasteiger partial charge in [-0.1, -0.05) is 31.2 Å². The fourth-order valence-electron chi connectivity index (χ4n) is 2.55. The van der Waals surface area contributed by atoms with Crippen LogP contribution in [-0.2, 0) is 17.9 Å². The number of likely N-dealkylation sites (tertiary alicyclic amines) is 1. The molecule has 1 aromatic carbocycles. The molecule has 0 aromatic heterocycles. The normalized spacial score (nSPS) is 15.8. The number of hydrogen-bond donors (Lipinski definition) is 1. The van der Waals surface area contributed by atoms with Crippen molar-refractivity contribution < 1.29 is 4.74 Å². The molecule has 1 fully saturated rings. The Labute approximate surface area is 123 Å². The second kappa shape index (κ2) is 9.11. The molecule has 0 saturated carbocycles. The van der Waals surface area contributed by atoms with E-state index in [2.05, 4.69) is 41.4 Å². The van der Waals surface area contributed by atoms with Gasteiger partial charge in [0.1, 0.15) is 0 Å². The first-order valence-corrected chi connectivity index (χ1v) is 7.97. The first kappa shape index (κ1) is 15.5. The Balaban J connectivity index is 1.60. The van der Waals surface area contributed by atoms with Gasteiger partial charge in [0.25, 0.3) is 0 Å². The van der Waals surface area contributed by atoms with Crippen LogP contribution in [0.4, 0.5) is 0 Å². The summed E-state index contributed by atoms with van der Waals surface area (Å²) in [7, 11) is 0. The Morgan fingerprint density at radius 1 is 1.10 bits per heavy atom. The van der Waals surface area contributed by atoms with Gasteiger partial charge in [-0.15, -0.1) is 0 Å². The lowest BCUT2D eigenvalue weighted by Gasteiger charge is -2.14. The average Bonchev–Trinajstić information content (AvgIpc) is 2.99. The number of hydrogen-bond acceptors (Lipinski definition) is 3. The standard InChI is InChI=1S/C17H28N2O/c1-2-9-18-14-16-5-7-17(8-6-16)15-20-13-12-19-10-3-4-11-19/h5-8,18H,2-4,9-15H2,1H3. The minimum absolute atomic E-state index is 0.733. The van der Waals surface area contributed by atoms with Crippen LogP contribution < -0.4 is 5.32 Å². The maximum absolute atomic E-state index is 5.76. The third kappa shape index (κ3) is 5.61. The van der Waals surface area contributed by atoms with Gasteiger partial charge < -0.3 is 15.0 Å². The van der Waals surface area contributed by atoms with Crippen LogP contribution in [0, 0.1) is 0 Å². The molecule has 112 valence electrons. The van der Waals surface area contributed by atoms with E-state index >= 15 is 0 Å². The van der Waals surface area contributed by atoms with Crippen LogP contribution in [0.15, 0.2) is 24.3 Å². The van der Waals surface area contributed by atoms with Gasteiger partial charge in [-0.2, -0.15) is 0 Å². The number of rotatable bonds is 9. The molecular formula is C17H28N2O. The molecule has 0 atom stereocenters. The Bertz CT molecular complexity index is 358. The third-order valence-corrected chi connectivity index (χ3v) is 3.80. The summed E-state index contributed by atoms with van der Waals surface area (Å²) in [5, 5.41) is 3.42. The van der Waals surface area contributed by atoms with E-state index < -0.39 is 0 Å². The molecule has 0 spiro atoms. The zero-order valence-corrected chi connectivity index (χ0v) is 12.7. The third-order valence-electron chi connectivity index (χ3n) is 3.80. The monoisotopic (exact) mass is 276 g/mol. The van der Waals surface area contributed by atoms with E-state index in [0.717, 1.165) is 32.8 Å². The SMILES string of the molecule is CCCNCc1ccc(COCCN2CCCC2)cc1. The van der Waals surface area contributed by atoms with Crippen molar-refractivity contribution in [2.24, 2.45) is 0 Å². The Hall–Kier alpha value is -0.900. The van der Waals surface area contributed by atoms with Crippen molar-refractivity contribution in [1.82, 2.24) is 10.2 Å². The minimum Gasteiger partial charge on any atom is -0.375 e.